The van der Waals surface area contributed by atoms with Gasteiger partial charge in [-0.15, -0.1) is 0 Å². The molecule has 2 heterocycles. The molecular formula is C30H28Cl2N6O2. The Morgan fingerprint density at radius 3 is 2.58 bits per heavy atom. The Balaban J connectivity index is 1.68. The molecule has 0 atom stereocenters. The van der Waals surface area contributed by atoms with Crippen molar-refractivity contribution in [1.29, 1.82) is 5.26 Å². The zero-order valence-corrected chi connectivity index (χ0v) is 24.1. The SMILES string of the molecule is CNc1ncc2cc(-c3ccc(Cl)cc3Cl)c(=O)n(CCc3cccc(NC(=O)/C(C#N)=C/C(C)(C)C)c3)c2n1. The van der Waals surface area contributed by atoms with Crippen molar-refractivity contribution in [2.75, 3.05) is 17.7 Å². The van der Waals surface area contributed by atoms with Crippen LogP contribution in [0.25, 0.3) is 22.2 Å². The van der Waals surface area contributed by atoms with Gasteiger partial charge in [0.1, 0.15) is 17.3 Å². The molecule has 2 aromatic carbocycles. The van der Waals surface area contributed by atoms with Crippen molar-refractivity contribution in [2.24, 2.45) is 5.41 Å². The fraction of sp³-hybridized carbons (Fsp3) is 0.233. The number of aryl methyl sites for hydroxylation is 2. The van der Waals surface area contributed by atoms with E-state index in [1.165, 1.54) is 0 Å². The van der Waals surface area contributed by atoms with Gasteiger partial charge in [0.2, 0.25) is 5.95 Å². The molecule has 1 amide bonds. The lowest BCUT2D eigenvalue weighted by atomic mass is 9.93. The summed E-state index contributed by atoms with van der Waals surface area (Å²) < 4.78 is 1.60. The minimum atomic E-state index is -0.472. The van der Waals surface area contributed by atoms with Crippen LogP contribution in [-0.4, -0.2) is 27.5 Å². The Morgan fingerprint density at radius 1 is 1.12 bits per heavy atom. The molecular weight excluding hydrogens is 547 g/mol. The van der Waals surface area contributed by atoms with E-state index in [1.807, 2.05) is 45.0 Å². The van der Waals surface area contributed by atoms with Gasteiger partial charge in [-0.1, -0.05) is 68.2 Å². The molecule has 0 spiro atoms. The molecule has 2 N–H and O–H groups in total. The topological polar surface area (TPSA) is 113 Å². The van der Waals surface area contributed by atoms with Crippen molar-refractivity contribution in [1.82, 2.24) is 14.5 Å². The molecule has 0 bridgehead atoms. The Kier molecular flexibility index (Phi) is 8.58. The first-order valence-corrected chi connectivity index (χ1v) is 13.3. The molecule has 0 unspecified atom stereocenters. The third-order valence-electron chi connectivity index (χ3n) is 6.02. The molecule has 0 saturated heterocycles. The first kappa shape index (κ1) is 28.8. The zero-order valence-electron chi connectivity index (χ0n) is 22.5. The fourth-order valence-corrected chi connectivity index (χ4v) is 4.72. The number of hydrogen-bond acceptors (Lipinski definition) is 6. The van der Waals surface area contributed by atoms with Crippen LogP contribution >= 0.6 is 23.2 Å². The molecule has 204 valence electrons. The number of benzene rings is 2. The van der Waals surface area contributed by atoms with E-state index < -0.39 is 5.91 Å². The summed E-state index contributed by atoms with van der Waals surface area (Å²) in [5.41, 5.74) is 2.36. The number of halogens is 2. The highest BCUT2D eigenvalue weighted by Crippen LogP contribution is 2.30. The minimum absolute atomic E-state index is 0.0497. The number of allylic oxidation sites excluding steroid dienone is 1. The third kappa shape index (κ3) is 6.68. The zero-order chi connectivity index (χ0) is 29.0. The number of nitriles is 1. The summed E-state index contributed by atoms with van der Waals surface area (Å²) in [5, 5.41) is 16.7. The highest BCUT2D eigenvalue weighted by Gasteiger charge is 2.17. The molecule has 0 saturated carbocycles. The van der Waals surface area contributed by atoms with E-state index >= 15 is 0 Å². The van der Waals surface area contributed by atoms with Crippen LogP contribution in [0.3, 0.4) is 0 Å². The highest BCUT2D eigenvalue weighted by atomic mass is 35.5. The average molecular weight is 576 g/mol. The second-order valence-electron chi connectivity index (χ2n) is 10.3. The van der Waals surface area contributed by atoms with Gasteiger partial charge in [-0.05, 0) is 47.7 Å². The maximum atomic E-state index is 13.8. The largest absolute Gasteiger partial charge is 0.357 e. The smallest absolute Gasteiger partial charge is 0.265 e. The predicted molar refractivity (Wildman–Crippen MR) is 161 cm³/mol. The first-order chi connectivity index (χ1) is 19.0. The molecule has 4 aromatic rings. The number of anilines is 2. The number of carbonyl (C=O) groups excluding carboxylic acids is 1. The van der Waals surface area contributed by atoms with Crippen molar-refractivity contribution < 1.29 is 4.79 Å². The maximum absolute atomic E-state index is 13.8. The Bertz CT molecular complexity index is 1730. The number of nitrogens with zero attached hydrogens (tertiary/aromatic N) is 4. The van der Waals surface area contributed by atoms with Gasteiger partial charge in [0.25, 0.3) is 11.5 Å². The number of fused-ring (bicyclic) bond motifs is 1. The van der Waals surface area contributed by atoms with E-state index in [-0.39, 0.29) is 16.5 Å². The lowest BCUT2D eigenvalue weighted by Crippen LogP contribution is -2.24. The molecule has 0 radical (unpaired) electrons. The van der Waals surface area contributed by atoms with Crippen LogP contribution in [-0.2, 0) is 17.8 Å². The molecule has 0 aliphatic carbocycles. The first-order valence-electron chi connectivity index (χ1n) is 12.6. The summed E-state index contributed by atoms with van der Waals surface area (Å²) in [4.78, 5) is 35.3. The number of pyridine rings is 1. The van der Waals surface area contributed by atoms with Gasteiger partial charge < -0.3 is 10.6 Å². The van der Waals surface area contributed by atoms with Gasteiger partial charge in [-0.3, -0.25) is 14.2 Å². The monoisotopic (exact) mass is 574 g/mol. The van der Waals surface area contributed by atoms with Crippen LogP contribution in [0.5, 0.6) is 0 Å². The standard InChI is InChI=1S/C30H28Cl2N6O2/c1-30(2,3)15-20(16-33)27(39)36-22-7-5-6-18(12-22)10-11-38-26-19(17-35-29(34-4)37-26)13-24(28(38)40)23-9-8-21(31)14-25(23)32/h5-9,12-15,17H,10-11H2,1-4H3,(H,36,39)(H,34,35,37)/b20-15+. The maximum Gasteiger partial charge on any atom is 0.265 e. The Hall–Kier alpha value is -4.19. The van der Waals surface area contributed by atoms with Crippen molar-refractivity contribution in [3.8, 4) is 17.2 Å². The lowest BCUT2D eigenvalue weighted by Gasteiger charge is -2.15. The average Bonchev–Trinajstić information content (AvgIpc) is 2.90. The Labute approximate surface area is 242 Å². The molecule has 0 aliphatic rings. The fourth-order valence-electron chi connectivity index (χ4n) is 4.21. The molecule has 8 nitrogen and oxygen atoms in total. The number of aromatic nitrogens is 3. The summed E-state index contributed by atoms with van der Waals surface area (Å²) in [6.07, 6.45) is 3.77. The van der Waals surface area contributed by atoms with Crippen LogP contribution in [0, 0.1) is 16.7 Å². The van der Waals surface area contributed by atoms with E-state index in [0.717, 1.165) is 5.56 Å². The van der Waals surface area contributed by atoms with E-state index in [1.54, 1.807) is 54.2 Å². The van der Waals surface area contributed by atoms with Crippen molar-refractivity contribution >= 4 is 51.8 Å². The van der Waals surface area contributed by atoms with Crippen LogP contribution in [0.4, 0.5) is 11.6 Å². The predicted octanol–water partition coefficient (Wildman–Crippen LogP) is 6.48. The van der Waals surface area contributed by atoms with Gasteiger partial charge in [0.15, 0.2) is 0 Å². The second-order valence-corrected chi connectivity index (χ2v) is 11.1. The van der Waals surface area contributed by atoms with Crippen LogP contribution in [0.15, 0.2) is 71.2 Å². The molecule has 4 rings (SSSR count). The summed E-state index contributed by atoms with van der Waals surface area (Å²) in [6.45, 7) is 6.07. The van der Waals surface area contributed by atoms with Crippen molar-refractivity contribution in [3.05, 3.63) is 92.3 Å². The number of carbonyl (C=O) groups is 1. The second kappa shape index (κ2) is 11.9. The van der Waals surface area contributed by atoms with Crippen LogP contribution in [0.1, 0.15) is 26.3 Å². The molecule has 0 fully saturated rings. The third-order valence-corrected chi connectivity index (χ3v) is 6.57. The molecule has 0 aliphatic heterocycles. The van der Waals surface area contributed by atoms with E-state index in [2.05, 4.69) is 20.6 Å². The minimum Gasteiger partial charge on any atom is -0.357 e. The summed E-state index contributed by atoms with van der Waals surface area (Å²) in [6, 6.07) is 16.0. The summed E-state index contributed by atoms with van der Waals surface area (Å²) in [5.74, 6) is -0.0835. The van der Waals surface area contributed by atoms with E-state index in [0.29, 0.717) is 56.8 Å². The van der Waals surface area contributed by atoms with Gasteiger partial charge >= 0.3 is 0 Å². The number of amides is 1. The number of rotatable bonds is 7. The van der Waals surface area contributed by atoms with Gasteiger partial charge in [0, 0.05) is 47.0 Å². The van der Waals surface area contributed by atoms with Gasteiger partial charge in [-0.2, -0.15) is 10.2 Å². The van der Waals surface area contributed by atoms with Crippen molar-refractivity contribution in [2.45, 2.75) is 33.7 Å². The molecule has 10 heteroatoms. The van der Waals surface area contributed by atoms with E-state index in [4.69, 9.17) is 23.2 Å². The lowest BCUT2D eigenvalue weighted by molar-refractivity contribution is -0.112. The van der Waals surface area contributed by atoms with Crippen LogP contribution in [0.2, 0.25) is 10.0 Å². The highest BCUT2D eigenvalue weighted by molar-refractivity contribution is 6.36. The Morgan fingerprint density at radius 2 is 1.90 bits per heavy atom. The van der Waals surface area contributed by atoms with E-state index in [9.17, 15) is 14.9 Å². The summed E-state index contributed by atoms with van der Waals surface area (Å²) >= 11 is 12.5. The van der Waals surface area contributed by atoms with Gasteiger partial charge in [-0.25, -0.2) is 4.98 Å². The molecule has 40 heavy (non-hydrogen) atoms. The van der Waals surface area contributed by atoms with Crippen molar-refractivity contribution in [3.63, 3.8) is 0 Å². The molecule has 2 aromatic heterocycles. The van der Waals surface area contributed by atoms with Gasteiger partial charge in [0.05, 0.1) is 5.02 Å². The number of nitrogens with one attached hydrogen (secondary N) is 2. The number of hydrogen-bond donors (Lipinski definition) is 2. The van der Waals surface area contributed by atoms with Crippen LogP contribution < -0.4 is 16.2 Å². The summed E-state index contributed by atoms with van der Waals surface area (Å²) in [7, 11) is 1.71. The normalized spacial score (nSPS) is 11.8. The quantitative estimate of drug-likeness (QED) is 0.193.